The predicted octanol–water partition coefficient (Wildman–Crippen LogP) is 4.72. The third kappa shape index (κ3) is 3.74. The molecule has 4 rings (SSSR count). The molecule has 1 aliphatic rings. The van der Waals surface area contributed by atoms with E-state index in [0.29, 0.717) is 35.4 Å². The number of amides is 1. The van der Waals surface area contributed by atoms with Crippen LogP contribution < -0.4 is 0 Å². The van der Waals surface area contributed by atoms with E-state index < -0.39 is 0 Å². The highest BCUT2D eigenvalue weighted by atomic mass is 35.5. The van der Waals surface area contributed by atoms with E-state index in [1.807, 2.05) is 48.2 Å². The molecule has 0 radical (unpaired) electrons. The smallest absolute Gasteiger partial charge is 0.255 e. The van der Waals surface area contributed by atoms with Gasteiger partial charge in [-0.05, 0) is 31.9 Å². The van der Waals surface area contributed by atoms with Crippen molar-refractivity contribution in [3.05, 3.63) is 70.6 Å². The molecule has 2 aromatic carbocycles. The number of benzene rings is 2. The normalized spacial score (nSPS) is 17.1. The van der Waals surface area contributed by atoms with Crippen molar-refractivity contribution in [1.29, 1.82) is 0 Å². The second-order valence-electron chi connectivity index (χ2n) is 6.89. The summed E-state index contributed by atoms with van der Waals surface area (Å²) in [7, 11) is 0. The molecule has 1 atom stereocenters. The van der Waals surface area contributed by atoms with Gasteiger partial charge in [0.05, 0.1) is 16.5 Å². The molecule has 5 nitrogen and oxygen atoms in total. The van der Waals surface area contributed by atoms with Gasteiger partial charge < -0.3 is 9.42 Å². The highest BCUT2D eigenvalue weighted by Gasteiger charge is 2.29. The van der Waals surface area contributed by atoms with Crippen LogP contribution in [-0.2, 0) is 0 Å². The van der Waals surface area contributed by atoms with E-state index in [1.54, 1.807) is 12.1 Å². The average molecular weight is 382 g/mol. The molecule has 0 bridgehead atoms. The van der Waals surface area contributed by atoms with E-state index in [-0.39, 0.29) is 11.8 Å². The highest BCUT2D eigenvalue weighted by molar-refractivity contribution is 6.33. The average Bonchev–Trinajstić information content (AvgIpc) is 3.19. The molecule has 0 spiro atoms. The van der Waals surface area contributed by atoms with E-state index in [0.717, 1.165) is 18.4 Å². The fraction of sp³-hybridized carbons (Fsp3) is 0.286. The first-order valence-electron chi connectivity index (χ1n) is 9.06. The fourth-order valence-electron chi connectivity index (χ4n) is 3.39. The standard InChI is InChI=1S/C21H20ClN3O2/c1-14-8-10-15(11-9-14)19-23-20(27-24-19)16-5-4-12-25(13-16)21(26)17-6-2-3-7-18(17)22/h2-3,6-11,16H,4-5,12-13H2,1H3. The van der Waals surface area contributed by atoms with Gasteiger partial charge in [0, 0.05) is 18.7 Å². The van der Waals surface area contributed by atoms with Gasteiger partial charge >= 0.3 is 0 Å². The molecule has 2 heterocycles. The van der Waals surface area contributed by atoms with Gasteiger partial charge in [-0.15, -0.1) is 0 Å². The number of nitrogens with zero attached hydrogens (tertiary/aromatic N) is 3. The summed E-state index contributed by atoms with van der Waals surface area (Å²) in [5.41, 5.74) is 2.64. The van der Waals surface area contributed by atoms with Gasteiger partial charge in [-0.25, -0.2) is 0 Å². The van der Waals surface area contributed by atoms with Crippen LogP contribution in [0, 0.1) is 6.92 Å². The van der Waals surface area contributed by atoms with Gasteiger partial charge in [0.15, 0.2) is 0 Å². The maximum atomic E-state index is 12.8. The first-order valence-corrected chi connectivity index (χ1v) is 9.44. The summed E-state index contributed by atoms with van der Waals surface area (Å²) in [5, 5.41) is 4.60. The summed E-state index contributed by atoms with van der Waals surface area (Å²) >= 11 is 6.19. The minimum absolute atomic E-state index is 0.0388. The highest BCUT2D eigenvalue weighted by Crippen LogP contribution is 2.29. The maximum Gasteiger partial charge on any atom is 0.255 e. The van der Waals surface area contributed by atoms with E-state index in [4.69, 9.17) is 16.1 Å². The number of aryl methyl sites for hydroxylation is 1. The lowest BCUT2D eigenvalue weighted by molar-refractivity contribution is 0.0696. The molecule has 1 unspecified atom stereocenters. The number of aromatic nitrogens is 2. The lowest BCUT2D eigenvalue weighted by Crippen LogP contribution is -2.39. The SMILES string of the molecule is Cc1ccc(-c2noc(C3CCCN(C(=O)c4ccccc4Cl)C3)n2)cc1. The summed E-state index contributed by atoms with van der Waals surface area (Å²) in [6, 6.07) is 15.2. The molecule has 6 heteroatoms. The van der Waals surface area contributed by atoms with Gasteiger partial charge in [-0.1, -0.05) is 58.7 Å². The summed E-state index contributed by atoms with van der Waals surface area (Å²) in [5.74, 6) is 1.15. The van der Waals surface area contributed by atoms with Crippen LogP contribution in [0.5, 0.6) is 0 Å². The van der Waals surface area contributed by atoms with E-state index in [9.17, 15) is 4.79 Å². The van der Waals surface area contributed by atoms with Crippen molar-refractivity contribution < 1.29 is 9.32 Å². The molecule has 1 aliphatic heterocycles. The molecule has 27 heavy (non-hydrogen) atoms. The van der Waals surface area contributed by atoms with Gasteiger partial charge in [0.2, 0.25) is 11.7 Å². The van der Waals surface area contributed by atoms with Crippen LogP contribution in [0.4, 0.5) is 0 Å². The maximum absolute atomic E-state index is 12.8. The van der Waals surface area contributed by atoms with Crippen LogP contribution >= 0.6 is 11.6 Å². The van der Waals surface area contributed by atoms with Crippen LogP contribution in [0.2, 0.25) is 5.02 Å². The third-order valence-electron chi connectivity index (χ3n) is 4.91. The minimum atomic E-state index is -0.0522. The Morgan fingerprint density at radius 3 is 2.74 bits per heavy atom. The van der Waals surface area contributed by atoms with Crippen molar-refractivity contribution in [2.75, 3.05) is 13.1 Å². The van der Waals surface area contributed by atoms with Crippen molar-refractivity contribution in [3.8, 4) is 11.4 Å². The first kappa shape index (κ1) is 17.7. The number of halogens is 1. The molecular weight excluding hydrogens is 362 g/mol. The molecular formula is C21H20ClN3O2. The number of likely N-dealkylation sites (tertiary alicyclic amines) is 1. The molecule has 1 aromatic heterocycles. The van der Waals surface area contributed by atoms with Crippen LogP contribution in [0.15, 0.2) is 53.1 Å². The molecule has 1 fully saturated rings. The van der Waals surface area contributed by atoms with Crippen molar-refractivity contribution >= 4 is 17.5 Å². The van der Waals surface area contributed by atoms with Gasteiger partial charge in [-0.2, -0.15) is 4.98 Å². The first-order chi connectivity index (χ1) is 13.1. The van der Waals surface area contributed by atoms with Crippen LogP contribution in [-0.4, -0.2) is 34.0 Å². The van der Waals surface area contributed by atoms with E-state index in [2.05, 4.69) is 10.1 Å². The van der Waals surface area contributed by atoms with Crippen molar-refractivity contribution in [1.82, 2.24) is 15.0 Å². The van der Waals surface area contributed by atoms with Crippen LogP contribution in [0.25, 0.3) is 11.4 Å². The molecule has 0 aliphatic carbocycles. The van der Waals surface area contributed by atoms with Crippen molar-refractivity contribution in [3.63, 3.8) is 0 Å². The Labute approximate surface area is 163 Å². The minimum Gasteiger partial charge on any atom is -0.339 e. The lowest BCUT2D eigenvalue weighted by atomic mass is 9.97. The lowest BCUT2D eigenvalue weighted by Gasteiger charge is -2.31. The zero-order valence-corrected chi connectivity index (χ0v) is 15.8. The number of piperidine rings is 1. The fourth-order valence-corrected chi connectivity index (χ4v) is 3.61. The zero-order valence-electron chi connectivity index (χ0n) is 15.1. The Kier molecular flexibility index (Phi) is 4.94. The molecule has 3 aromatic rings. The second kappa shape index (κ2) is 7.53. The van der Waals surface area contributed by atoms with E-state index in [1.165, 1.54) is 5.56 Å². The van der Waals surface area contributed by atoms with Crippen LogP contribution in [0.1, 0.15) is 40.6 Å². The summed E-state index contributed by atoms with van der Waals surface area (Å²) in [6.45, 7) is 3.30. The number of hydrogen-bond donors (Lipinski definition) is 0. The predicted molar refractivity (Wildman–Crippen MR) is 104 cm³/mol. The topological polar surface area (TPSA) is 59.2 Å². The van der Waals surface area contributed by atoms with Gasteiger partial charge in [0.25, 0.3) is 5.91 Å². The van der Waals surface area contributed by atoms with Crippen molar-refractivity contribution in [2.45, 2.75) is 25.7 Å². The number of hydrogen-bond acceptors (Lipinski definition) is 4. The molecule has 138 valence electrons. The third-order valence-corrected chi connectivity index (χ3v) is 5.24. The van der Waals surface area contributed by atoms with Crippen molar-refractivity contribution in [2.24, 2.45) is 0 Å². The summed E-state index contributed by atoms with van der Waals surface area (Å²) < 4.78 is 5.52. The largest absolute Gasteiger partial charge is 0.339 e. The molecule has 1 saturated heterocycles. The molecule has 0 N–H and O–H groups in total. The van der Waals surface area contributed by atoms with Crippen LogP contribution in [0.3, 0.4) is 0 Å². The summed E-state index contributed by atoms with van der Waals surface area (Å²) in [6.07, 6.45) is 1.81. The summed E-state index contributed by atoms with van der Waals surface area (Å²) in [4.78, 5) is 19.2. The Balaban J connectivity index is 1.51. The Morgan fingerprint density at radius 2 is 1.96 bits per heavy atom. The Morgan fingerprint density at radius 1 is 1.19 bits per heavy atom. The molecule has 0 saturated carbocycles. The second-order valence-corrected chi connectivity index (χ2v) is 7.30. The Bertz CT molecular complexity index is 952. The Hall–Kier alpha value is -2.66. The number of carbonyl (C=O) groups is 1. The van der Waals surface area contributed by atoms with E-state index >= 15 is 0 Å². The number of carbonyl (C=O) groups excluding carboxylic acids is 1. The molecule has 1 amide bonds. The van der Waals surface area contributed by atoms with Gasteiger partial charge in [-0.3, -0.25) is 4.79 Å². The van der Waals surface area contributed by atoms with Gasteiger partial charge in [0.1, 0.15) is 0 Å². The quantitative estimate of drug-likeness (QED) is 0.658. The monoisotopic (exact) mass is 381 g/mol. The number of rotatable bonds is 3. The zero-order chi connectivity index (χ0) is 18.8.